The summed E-state index contributed by atoms with van der Waals surface area (Å²) in [5.74, 6) is -1.53. The number of H-pyrrole nitrogens is 1. The largest absolute Gasteiger partial charge is 0.466 e. The average molecular weight is 314 g/mol. The van der Waals surface area contributed by atoms with Gasteiger partial charge in [0.1, 0.15) is 5.69 Å². The van der Waals surface area contributed by atoms with Crippen molar-refractivity contribution >= 4 is 17.6 Å². The van der Waals surface area contributed by atoms with Gasteiger partial charge < -0.3 is 15.0 Å². The number of benzene rings is 1. The van der Waals surface area contributed by atoms with Crippen molar-refractivity contribution in [1.29, 1.82) is 0 Å². The van der Waals surface area contributed by atoms with E-state index in [9.17, 15) is 14.4 Å². The first-order valence-electron chi connectivity index (χ1n) is 7.29. The summed E-state index contributed by atoms with van der Waals surface area (Å²) in [6.45, 7) is 3.59. The number of hydrogen-bond acceptors (Lipinski definition) is 4. The number of hydrogen-bond donors (Lipinski definition) is 2. The number of carbonyl (C=O) groups excluding carboxylic acids is 2. The molecule has 0 fully saturated rings. The first kappa shape index (κ1) is 16.5. The molecule has 1 heterocycles. The summed E-state index contributed by atoms with van der Waals surface area (Å²) < 4.78 is 4.98. The van der Waals surface area contributed by atoms with E-state index in [1.807, 2.05) is 0 Å². The molecule has 0 aliphatic carbocycles. The fourth-order valence-electron chi connectivity index (χ4n) is 2.15. The molecule has 120 valence electrons. The summed E-state index contributed by atoms with van der Waals surface area (Å²) in [6.07, 6.45) is 1.44. The highest BCUT2D eigenvalue weighted by atomic mass is 16.5. The lowest BCUT2D eigenvalue weighted by molar-refractivity contribution is -0.144. The van der Waals surface area contributed by atoms with Crippen molar-refractivity contribution in [2.45, 2.75) is 19.8 Å². The Hall–Kier alpha value is -2.89. The van der Waals surface area contributed by atoms with Crippen LogP contribution in [0.3, 0.4) is 0 Å². The molecule has 0 saturated heterocycles. The van der Waals surface area contributed by atoms with E-state index in [4.69, 9.17) is 4.74 Å². The summed E-state index contributed by atoms with van der Waals surface area (Å²) >= 11 is 0. The molecule has 6 heteroatoms. The molecular weight excluding hydrogens is 296 g/mol. The van der Waals surface area contributed by atoms with E-state index in [2.05, 4.69) is 10.3 Å². The van der Waals surface area contributed by atoms with Crippen molar-refractivity contribution in [3.63, 3.8) is 0 Å². The molecule has 0 saturated carbocycles. The summed E-state index contributed by atoms with van der Waals surface area (Å²) in [4.78, 5) is 38.7. The van der Waals surface area contributed by atoms with Gasteiger partial charge in [0, 0.05) is 11.8 Å². The molecule has 0 aliphatic heterocycles. The van der Waals surface area contributed by atoms with Gasteiger partial charge in [-0.25, -0.2) is 0 Å². The highest BCUT2D eigenvalue weighted by Crippen LogP contribution is 2.22. The smallest absolute Gasteiger partial charge is 0.313 e. The van der Waals surface area contributed by atoms with E-state index in [1.165, 1.54) is 6.20 Å². The standard InChI is InChI=1S/C17H18N2O4/c1-3-23-17(22)11(2)13-9-10-18-16(21)14(13)19-15(20)12-7-5-4-6-8-12/h4-11H,3H2,1-2H3,(H,18,21)(H,19,20). The Morgan fingerprint density at radius 3 is 2.57 bits per heavy atom. The van der Waals surface area contributed by atoms with E-state index in [1.54, 1.807) is 50.2 Å². The molecule has 23 heavy (non-hydrogen) atoms. The van der Waals surface area contributed by atoms with Crippen LogP contribution in [0.4, 0.5) is 5.69 Å². The molecule has 0 spiro atoms. The minimum Gasteiger partial charge on any atom is -0.466 e. The van der Waals surface area contributed by atoms with Gasteiger partial charge in [-0.1, -0.05) is 18.2 Å². The van der Waals surface area contributed by atoms with E-state index in [0.717, 1.165) is 0 Å². The SMILES string of the molecule is CCOC(=O)C(C)c1cc[nH]c(=O)c1NC(=O)c1ccccc1. The van der Waals surface area contributed by atoms with Gasteiger partial charge in [-0.3, -0.25) is 14.4 Å². The molecule has 1 atom stereocenters. The molecule has 1 amide bonds. The zero-order valence-corrected chi connectivity index (χ0v) is 13.0. The van der Waals surface area contributed by atoms with Crippen LogP contribution in [-0.4, -0.2) is 23.5 Å². The predicted molar refractivity (Wildman–Crippen MR) is 86.5 cm³/mol. The first-order valence-corrected chi connectivity index (χ1v) is 7.29. The quantitative estimate of drug-likeness (QED) is 0.829. The fraction of sp³-hybridized carbons (Fsp3) is 0.235. The third kappa shape index (κ3) is 3.85. The van der Waals surface area contributed by atoms with Crippen LogP contribution in [0.15, 0.2) is 47.4 Å². The van der Waals surface area contributed by atoms with Crippen LogP contribution in [0.25, 0.3) is 0 Å². The molecule has 6 nitrogen and oxygen atoms in total. The highest BCUT2D eigenvalue weighted by Gasteiger charge is 2.22. The van der Waals surface area contributed by atoms with Crippen molar-refractivity contribution in [2.24, 2.45) is 0 Å². The lowest BCUT2D eigenvalue weighted by atomic mass is 10.0. The number of ether oxygens (including phenoxy) is 1. The number of pyridine rings is 1. The van der Waals surface area contributed by atoms with Crippen LogP contribution in [-0.2, 0) is 9.53 Å². The Kier molecular flexibility index (Phi) is 5.30. The third-order valence-electron chi connectivity index (χ3n) is 3.37. The van der Waals surface area contributed by atoms with Crippen molar-refractivity contribution in [3.05, 3.63) is 64.1 Å². The Balaban J connectivity index is 2.33. The summed E-state index contributed by atoms with van der Waals surface area (Å²) in [5.41, 5.74) is 0.423. The minimum atomic E-state index is -0.664. The lowest BCUT2D eigenvalue weighted by Crippen LogP contribution is -2.24. The van der Waals surface area contributed by atoms with Crippen LogP contribution < -0.4 is 10.9 Å². The van der Waals surface area contributed by atoms with E-state index < -0.39 is 23.4 Å². The predicted octanol–water partition coefficient (Wildman–Crippen LogP) is 2.29. The normalized spacial score (nSPS) is 11.6. The van der Waals surface area contributed by atoms with E-state index in [-0.39, 0.29) is 12.3 Å². The number of aromatic nitrogens is 1. The lowest BCUT2D eigenvalue weighted by Gasteiger charge is -2.15. The molecule has 1 unspecified atom stereocenters. The molecule has 0 aliphatic rings. The average Bonchev–Trinajstić information content (AvgIpc) is 2.57. The Morgan fingerprint density at radius 1 is 1.22 bits per heavy atom. The molecule has 1 aromatic carbocycles. The van der Waals surface area contributed by atoms with Crippen LogP contribution in [0, 0.1) is 0 Å². The molecule has 2 aromatic rings. The number of rotatable bonds is 5. The number of esters is 1. The molecule has 0 bridgehead atoms. The van der Waals surface area contributed by atoms with Crippen molar-refractivity contribution in [3.8, 4) is 0 Å². The van der Waals surface area contributed by atoms with Gasteiger partial charge in [0.15, 0.2) is 0 Å². The number of nitrogens with one attached hydrogen (secondary N) is 2. The second-order valence-corrected chi connectivity index (χ2v) is 4.93. The van der Waals surface area contributed by atoms with Gasteiger partial charge in [-0.05, 0) is 37.6 Å². The maximum Gasteiger partial charge on any atom is 0.313 e. The van der Waals surface area contributed by atoms with Gasteiger partial charge in [0.25, 0.3) is 11.5 Å². The topological polar surface area (TPSA) is 88.3 Å². The zero-order chi connectivity index (χ0) is 16.8. The molecule has 2 rings (SSSR count). The van der Waals surface area contributed by atoms with Gasteiger partial charge in [-0.2, -0.15) is 0 Å². The molecule has 0 radical (unpaired) electrons. The number of aromatic amines is 1. The maximum atomic E-state index is 12.3. The molecular formula is C17H18N2O4. The fourth-order valence-corrected chi connectivity index (χ4v) is 2.15. The second-order valence-electron chi connectivity index (χ2n) is 4.93. The third-order valence-corrected chi connectivity index (χ3v) is 3.37. The zero-order valence-electron chi connectivity index (χ0n) is 13.0. The van der Waals surface area contributed by atoms with Crippen LogP contribution in [0.5, 0.6) is 0 Å². The second kappa shape index (κ2) is 7.40. The van der Waals surface area contributed by atoms with Gasteiger partial charge in [0.05, 0.1) is 12.5 Å². The van der Waals surface area contributed by atoms with Crippen LogP contribution >= 0.6 is 0 Å². The minimum absolute atomic E-state index is 0.0573. The number of anilines is 1. The van der Waals surface area contributed by atoms with Crippen molar-refractivity contribution in [1.82, 2.24) is 4.98 Å². The van der Waals surface area contributed by atoms with Crippen molar-refractivity contribution < 1.29 is 14.3 Å². The number of carbonyl (C=O) groups is 2. The summed E-state index contributed by atoms with van der Waals surface area (Å²) in [6, 6.07) is 10.1. The van der Waals surface area contributed by atoms with Crippen LogP contribution in [0.2, 0.25) is 0 Å². The van der Waals surface area contributed by atoms with Gasteiger partial charge >= 0.3 is 5.97 Å². The van der Waals surface area contributed by atoms with Crippen molar-refractivity contribution in [2.75, 3.05) is 11.9 Å². The molecule has 1 aromatic heterocycles. The molecule has 2 N–H and O–H groups in total. The van der Waals surface area contributed by atoms with Gasteiger partial charge in [-0.15, -0.1) is 0 Å². The summed E-state index contributed by atoms with van der Waals surface area (Å²) in [7, 11) is 0. The summed E-state index contributed by atoms with van der Waals surface area (Å²) in [5, 5.41) is 2.58. The Bertz CT molecular complexity index is 753. The van der Waals surface area contributed by atoms with Gasteiger partial charge in [0.2, 0.25) is 0 Å². The number of amides is 1. The van der Waals surface area contributed by atoms with E-state index >= 15 is 0 Å². The first-order chi connectivity index (χ1) is 11.0. The maximum absolute atomic E-state index is 12.3. The monoisotopic (exact) mass is 314 g/mol. The van der Waals surface area contributed by atoms with Crippen LogP contribution in [0.1, 0.15) is 35.7 Å². The Labute approximate surface area is 133 Å². The van der Waals surface area contributed by atoms with E-state index in [0.29, 0.717) is 11.1 Å². The Morgan fingerprint density at radius 2 is 1.91 bits per heavy atom. The highest BCUT2D eigenvalue weighted by molar-refractivity contribution is 6.04.